The SMILES string of the molecule is Cc1ccnc(C(=O)NC2COC(=O)C(Cc3ccccc3)C(OC(=O)C(C)C)C(C)OC2=O)c1O. The van der Waals surface area contributed by atoms with Crippen molar-refractivity contribution in [3.05, 3.63) is 59.4 Å². The van der Waals surface area contributed by atoms with Crippen LogP contribution in [0.1, 0.15) is 42.4 Å². The Morgan fingerprint density at radius 3 is 2.53 bits per heavy atom. The van der Waals surface area contributed by atoms with Gasteiger partial charge in [-0.25, -0.2) is 9.78 Å². The number of pyridine rings is 1. The second-order valence-electron chi connectivity index (χ2n) is 8.98. The van der Waals surface area contributed by atoms with E-state index >= 15 is 0 Å². The molecule has 0 saturated carbocycles. The van der Waals surface area contributed by atoms with Gasteiger partial charge in [-0.1, -0.05) is 44.2 Å². The molecule has 1 fully saturated rings. The molecule has 0 radical (unpaired) electrons. The number of rotatable bonds is 6. The summed E-state index contributed by atoms with van der Waals surface area (Å²) in [4.78, 5) is 55.2. The van der Waals surface area contributed by atoms with Crippen LogP contribution in [0.2, 0.25) is 0 Å². The predicted molar refractivity (Wildman–Crippen MR) is 127 cm³/mol. The molecule has 2 N–H and O–H groups in total. The van der Waals surface area contributed by atoms with Crippen LogP contribution in [0.15, 0.2) is 42.6 Å². The Labute approximate surface area is 209 Å². The molecule has 1 saturated heterocycles. The average molecular weight is 499 g/mol. The van der Waals surface area contributed by atoms with Gasteiger partial charge in [0.2, 0.25) is 0 Å². The van der Waals surface area contributed by atoms with E-state index in [4.69, 9.17) is 14.2 Å². The fourth-order valence-corrected chi connectivity index (χ4v) is 3.69. The van der Waals surface area contributed by atoms with E-state index < -0.39 is 60.5 Å². The summed E-state index contributed by atoms with van der Waals surface area (Å²) in [5, 5.41) is 12.6. The van der Waals surface area contributed by atoms with E-state index in [1.807, 2.05) is 30.3 Å². The fraction of sp³-hybridized carbons (Fsp3) is 0.423. The summed E-state index contributed by atoms with van der Waals surface area (Å²) < 4.78 is 16.6. The van der Waals surface area contributed by atoms with Crippen LogP contribution in [-0.4, -0.2) is 58.8 Å². The van der Waals surface area contributed by atoms with Crippen LogP contribution < -0.4 is 5.32 Å². The van der Waals surface area contributed by atoms with Gasteiger partial charge in [0, 0.05) is 6.20 Å². The number of nitrogens with one attached hydrogen (secondary N) is 1. The van der Waals surface area contributed by atoms with Crippen LogP contribution in [-0.2, 0) is 35.0 Å². The summed E-state index contributed by atoms with van der Waals surface area (Å²) in [6, 6.07) is 9.26. The molecule has 2 heterocycles. The number of ether oxygens (including phenoxy) is 3. The quantitative estimate of drug-likeness (QED) is 0.452. The standard InChI is InChI=1S/C26H30N2O8/c1-14(2)24(31)36-22-16(4)35-26(33)19(28-23(30)20-21(29)15(3)10-11-27-20)13-34-25(32)18(22)12-17-8-6-5-7-9-17/h5-11,14,16,18-19,22,29H,12-13H2,1-4H3,(H,28,30). The highest BCUT2D eigenvalue weighted by Crippen LogP contribution is 2.25. The Morgan fingerprint density at radius 2 is 1.86 bits per heavy atom. The molecule has 0 spiro atoms. The zero-order valence-corrected chi connectivity index (χ0v) is 20.6. The minimum Gasteiger partial charge on any atom is -0.505 e. The number of carbonyl (C=O) groups excluding carboxylic acids is 4. The van der Waals surface area contributed by atoms with E-state index in [2.05, 4.69) is 10.3 Å². The summed E-state index contributed by atoms with van der Waals surface area (Å²) in [7, 11) is 0. The molecular formula is C26H30N2O8. The van der Waals surface area contributed by atoms with Gasteiger partial charge in [0.15, 0.2) is 17.8 Å². The number of benzene rings is 1. The van der Waals surface area contributed by atoms with E-state index in [9.17, 15) is 24.3 Å². The Kier molecular flexibility index (Phi) is 8.63. The Bertz CT molecular complexity index is 1120. The normalized spacial score (nSPS) is 22.5. The lowest BCUT2D eigenvalue weighted by molar-refractivity contribution is -0.176. The number of cyclic esters (lactones) is 2. The number of amides is 1. The molecule has 0 bridgehead atoms. The maximum atomic E-state index is 13.2. The number of esters is 3. The van der Waals surface area contributed by atoms with Crippen molar-refractivity contribution in [2.75, 3.05) is 6.61 Å². The maximum absolute atomic E-state index is 13.2. The molecule has 1 aromatic heterocycles. The van der Waals surface area contributed by atoms with Gasteiger partial charge in [-0.05, 0) is 37.5 Å². The van der Waals surface area contributed by atoms with Crippen molar-refractivity contribution in [3.63, 3.8) is 0 Å². The molecule has 1 amide bonds. The molecule has 10 nitrogen and oxygen atoms in total. The van der Waals surface area contributed by atoms with Gasteiger partial charge in [-0.15, -0.1) is 0 Å². The van der Waals surface area contributed by atoms with Gasteiger partial charge in [0.05, 0.1) is 5.92 Å². The molecule has 1 aromatic carbocycles. The highest BCUT2D eigenvalue weighted by Gasteiger charge is 2.42. The third kappa shape index (κ3) is 6.38. The first kappa shape index (κ1) is 26.7. The maximum Gasteiger partial charge on any atom is 0.332 e. The third-order valence-corrected chi connectivity index (χ3v) is 5.81. The zero-order chi connectivity index (χ0) is 26.4. The van der Waals surface area contributed by atoms with Gasteiger partial charge < -0.3 is 24.6 Å². The van der Waals surface area contributed by atoms with Crippen molar-refractivity contribution in [1.82, 2.24) is 10.3 Å². The molecule has 3 rings (SSSR count). The van der Waals surface area contributed by atoms with Crippen molar-refractivity contribution >= 4 is 23.8 Å². The first-order valence-corrected chi connectivity index (χ1v) is 11.7. The topological polar surface area (TPSA) is 141 Å². The van der Waals surface area contributed by atoms with Crippen LogP contribution >= 0.6 is 0 Å². The molecule has 1 aliphatic rings. The largest absolute Gasteiger partial charge is 0.505 e. The summed E-state index contributed by atoms with van der Waals surface area (Å²) in [5.74, 6) is -4.77. The molecule has 4 unspecified atom stereocenters. The van der Waals surface area contributed by atoms with Gasteiger partial charge in [0.1, 0.15) is 24.4 Å². The molecule has 192 valence electrons. The van der Waals surface area contributed by atoms with Crippen LogP contribution in [0.5, 0.6) is 5.75 Å². The first-order chi connectivity index (χ1) is 17.1. The number of carbonyl (C=O) groups is 4. The summed E-state index contributed by atoms with van der Waals surface area (Å²) in [6.07, 6.45) is -0.622. The van der Waals surface area contributed by atoms with Crippen molar-refractivity contribution in [3.8, 4) is 5.75 Å². The first-order valence-electron chi connectivity index (χ1n) is 11.7. The number of hydrogen-bond acceptors (Lipinski definition) is 9. The van der Waals surface area contributed by atoms with Crippen molar-refractivity contribution in [1.29, 1.82) is 0 Å². The van der Waals surface area contributed by atoms with E-state index in [0.29, 0.717) is 5.56 Å². The summed E-state index contributed by atoms with van der Waals surface area (Å²) >= 11 is 0. The minimum absolute atomic E-state index is 0.176. The lowest BCUT2D eigenvalue weighted by Crippen LogP contribution is -2.47. The van der Waals surface area contributed by atoms with E-state index in [1.165, 1.54) is 19.2 Å². The van der Waals surface area contributed by atoms with Crippen LogP contribution in [0.25, 0.3) is 0 Å². The molecule has 10 heteroatoms. The minimum atomic E-state index is -1.37. The highest BCUT2D eigenvalue weighted by molar-refractivity contribution is 5.97. The third-order valence-electron chi connectivity index (χ3n) is 5.81. The predicted octanol–water partition coefficient (Wildman–Crippen LogP) is 2.11. The molecule has 1 aliphatic heterocycles. The lowest BCUT2D eigenvalue weighted by Gasteiger charge is -2.29. The van der Waals surface area contributed by atoms with Gasteiger partial charge in [0.25, 0.3) is 5.91 Å². The van der Waals surface area contributed by atoms with Crippen molar-refractivity contribution in [2.24, 2.45) is 11.8 Å². The lowest BCUT2D eigenvalue weighted by atomic mass is 9.91. The molecule has 4 atom stereocenters. The number of aromatic nitrogens is 1. The van der Waals surface area contributed by atoms with Crippen molar-refractivity contribution in [2.45, 2.75) is 52.4 Å². The van der Waals surface area contributed by atoms with Crippen LogP contribution in [0.4, 0.5) is 0 Å². The van der Waals surface area contributed by atoms with E-state index in [1.54, 1.807) is 20.8 Å². The zero-order valence-electron chi connectivity index (χ0n) is 20.6. The van der Waals surface area contributed by atoms with Gasteiger partial charge in [-0.3, -0.25) is 14.4 Å². The number of nitrogens with zero attached hydrogens (tertiary/aromatic N) is 1. The number of hydrogen-bond donors (Lipinski definition) is 2. The monoisotopic (exact) mass is 498 g/mol. The highest BCUT2D eigenvalue weighted by atomic mass is 16.6. The Hall–Kier alpha value is -3.95. The van der Waals surface area contributed by atoms with Crippen LogP contribution in [0.3, 0.4) is 0 Å². The molecule has 0 aliphatic carbocycles. The van der Waals surface area contributed by atoms with Crippen LogP contribution in [0, 0.1) is 18.8 Å². The second-order valence-corrected chi connectivity index (χ2v) is 8.98. The number of aromatic hydroxyl groups is 1. The summed E-state index contributed by atoms with van der Waals surface area (Å²) in [6.45, 7) is 5.90. The fourth-order valence-electron chi connectivity index (χ4n) is 3.69. The molecule has 2 aromatic rings. The Balaban J connectivity index is 1.87. The van der Waals surface area contributed by atoms with Gasteiger partial charge >= 0.3 is 17.9 Å². The van der Waals surface area contributed by atoms with E-state index in [-0.39, 0.29) is 17.9 Å². The van der Waals surface area contributed by atoms with E-state index in [0.717, 1.165) is 5.56 Å². The van der Waals surface area contributed by atoms with Crippen molar-refractivity contribution < 1.29 is 38.5 Å². The smallest absolute Gasteiger partial charge is 0.332 e. The molecule has 36 heavy (non-hydrogen) atoms. The molecular weight excluding hydrogens is 468 g/mol. The van der Waals surface area contributed by atoms with Gasteiger partial charge in [-0.2, -0.15) is 0 Å². The summed E-state index contributed by atoms with van der Waals surface area (Å²) in [5.41, 5.74) is 0.937. The Morgan fingerprint density at radius 1 is 1.17 bits per heavy atom. The second kappa shape index (κ2) is 11.7. The number of aryl methyl sites for hydroxylation is 1. The average Bonchev–Trinajstić information content (AvgIpc) is 2.88.